The molecule has 5 heteroatoms. The summed E-state index contributed by atoms with van der Waals surface area (Å²) in [5.41, 5.74) is 0.809. The minimum atomic E-state index is -0.532. The van der Waals surface area contributed by atoms with Gasteiger partial charge in [-0.3, -0.25) is 4.98 Å². The third kappa shape index (κ3) is 3.41. The van der Waals surface area contributed by atoms with Gasteiger partial charge in [0.05, 0.1) is 12.2 Å². The smallest absolute Gasteiger partial charge is 0.146 e. The summed E-state index contributed by atoms with van der Waals surface area (Å²) >= 11 is 3.32. The van der Waals surface area contributed by atoms with E-state index in [1.807, 2.05) is 6.92 Å². The first-order chi connectivity index (χ1) is 9.63. The van der Waals surface area contributed by atoms with Gasteiger partial charge in [-0.15, -0.1) is 0 Å². The number of aromatic nitrogens is 1. The van der Waals surface area contributed by atoms with E-state index in [1.54, 1.807) is 18.2 Å². The molecule has 2 rings (SSSR count). The molecule has 1 aromatic carbocycles. The number of benzene rings is 1. The van der Waals surface area contributed by atoms with Crippen LogP contribution in [0.3, 0.4) is 0 Å². The molecule has 0 amide bonds. The fourth-order valence-corrected chi connectivity index (χ4v) is 2.41. The van der Waals surface area contributed by atoms with Crippen LogP contribution >= 0.6 is 15.9 Å². The third-order valence-electron chi connectivity index (χ3n) is 2.98. The second kappa shape index (κ2) is 6.90. The molecule has 2 nitrogen and oxygen atoms in total. The SMILES string of the molecule is CCCNC(c1ccncc1F)c1cc(Br)ccc1F. The van der Waals surface area contributed by atoms with E-state index in [9.17, 15) is 8.78 Å². The van der Waals surface area contributed by atoms with Crippen molar-refractivity contribution < 1.29 is 8.78 Å². The highest BCUT2D eigenvalue weighted by molar-refractivity contribution is 9.10. The van der Waals surface area contributed by atoms with Crippen molar-refractivity contribution in [3.63, 3.8) is 0 Å². The van der Waals surface area contributed by atoms with E-state index in [0.29, 0.717) is 17.7 Å². The number of nitrogens with one attached hydrogen (secondary N) is 1. The number of pyridine rings is 1. The zero-order valence-electron chi connectivity index (χ0n) is 11.0. The minimum Gasteiger partial charge on any atom is -0.306 e. The zero-order chi connectivity index (χ0) is 14.5. The Kier molecular flexibility index (Phi) is 5.20. The molecule has 1 unspecified atom stereocenters. The van der Waals surface area contributed by atoms with Crippen LogP contribution in [0.1, 0.15) is 30.5 Å². The average molecular weight is 341 g/mol. The second-order valence-electron chi connectivity index (χ2n) is 4.45. The Labute approximate surface area is 125 Å². The van der Waals surface area contributed by atoms with Crippen LogP contribution < -0.4 is 5.32 Å². The first-order valence-corrected chi connectivity index (χ1v) is 7.20. The van der Waals surface area contributed by atoms with Crippen molar-refractivity contribution in [2.24, 2.45) is 0 Å². The minimum absolute atomic E-state index is 0.363. The molecule has 1 aromatic heterocycles. The largest absolute Gasteiger partial charge is 0.306 e. The van der Waals surface area contributed by atoms with Crippen LogP contribution in [-0.2, 0) is 0 Å². The summed E-state index contributed by atoms with van der Waals surface area (Å²) in [6, 6.07) is 5.71. The Bertz CT molecular complexity index is 590. The molecule has 0 saturated carbocycles. The number of nitrogens with zero attached hydrogens (tertiary/aromatic N) is 1. The third-order valence-corrected chi connectivity index (χ3v) is 3.48. The Balaban J connectivity index is 2.47. The maximum atomic E-state index is 14.1. The molecule has 20 heavy (non-hydrogen) atoms. The highest BCUT2D eigenvalue weighted by Gasteiger charge is 2.20. The molecule has 0 fully saturated rings. The molecule has 0 bridgehead atoms. The van der Waals surface area contributed by atoms with Crippen LogP contribution in [0.4, 0.5) is 8.78 Å². The number of halogens is 3. The predicted molar refractivity (Wildman–Crippen MR) is 78.4 cm³/mol. The maximum Gasteiger partial charge on any atom is 0.146 e. The van der Waals surface area contributed by atoms with E-state index in [1.165, 1.54) is 12.3 Å². The van der Waals surface area contributed by atoms with Crippen molar-refractivity contribution in [2.45, 2.75) is 19.4 Å². The highest BCUT2D eigenvalue weighted by Crippen LogP contribution is 2.28. The van der Waals surface area contributed by atoms with Crippen LogP contribution in [0, 0.1) is 11.6 Å². The quantitative estimate of drug-likeness (QED) is 0.881. The van der Waals surface area contributed by atoms with Gasteiger partial charge in [0.2, 0.25) is 0 Å². The Hall–Kier alpha value is -1.33. The lowest BCUT2D eigenvalue weighted by molar-refractivity contribution is 0.518. The molecule has 2 aromatic rings. The first kappa shape index (κ1) is 15.1. The van der Waals surface area contributed by atoms with E-state index in [4.69, 9.17) is 0 Å². The van der Waals surface area contributed by atoms with Crippen LogP contribution in [-0.4, -0.2) is 11.5 Å². The van der Waals surface area contributed by atoms with E-state index in [0.717, 1.165) is 17.1 Å². The van der Waals surface area contributed by atoms with Crippen molar-refractivity contribution in [2.75, 3.05) is 6.54 Å². The lowest BCUT2D eigenvalue weighted by atomic mass is 9.98. The number of hydrogen-bond acceptors (Lipinski definition) is 2. The molecule has 0 radical (unpaired) electrons. The van der Waals surface area contributed by atoms with Gasteiger partial charge in [0, 0.05) is 21.8 Å². The Morgan fingerprint density at radius 2 is 2.00 bits per heavy atom. The van der Waals surface area contributed by atoms with Crippen LogP contribution in [0.5, 0.6) is 0 Å². The lowest BCUT2D eigenvalue weighted by Crippen LogP contribution is -2.25. The highest BCUT2D eigenvalue weighted by atomic mass is 79.9. The van der Waals surface area contributed by atoms with Crippen molar-refractivity contribution in [3.05, 3.63) is 63.9 Å². The lowest BCUT2D eigenvalue weighted by Gasteiger charge is -2.20. The number of rotatable bonds is 5. The molecule has 1 atom stereocenters. The monoisotopic (exact) mass is 340 g/mol. The van der Waals surface area contributed by atoms with Gasteiger partial charge >= 0.3 is 0 Å². The van der Waals surface area contributed by atoms with Crippen molar-refractivity contribution in [3.8, 4) is 0 Å². The summed E-state index contributed by atoms with van der Waals surface area (Å²) in [7, 11) is 0. The summed E-state index contributed by atoms with van der Waals surface area (Å²) in [6.07, 6.45) is 3.53. The van der Waals surface area contributed by atoms with Gasteiger partial charge in [-0.25, -0.2) is 8.78 Å². The van der Waals surface area contributed by atoms with E-state index < -0.39 is 11.9 Å². The second-order valence-corrected chi connectivity index (χ2v) is 5.37. The molecule has 0 aliphatic rings. The van der Waals surface area contributed by atoms with Crippen LogP contribution in [0.25, 0.3) is 0 Å². The Morgan fingerprint density at radius 3 is 2.70 bits per heavy atom. The summed E-state index contributed by atoms with van der Waals surface area (Å²) in [6.45, 7) is 2.67. The molecule has 1 N–H and O–H groups in total. The fourth-order valence-electron chi connectivity index (χ4n) is 2.03. The molecular formula is C15H15BrF2N2. The van der Waals surface area contributed by atoms with Gasteiger partial charge in [-0.2, -0.15) is 0 Å². The van der Waals surface area contributed by atoms with Gasteiger partial charge in [0.15, 0.2) is 0 Å². The summed E-state index contributed by atoms with van der Waals surface area (Å²) in [4.78, 5) is 3.74. The Morgan fingerprint density at radius 1 is 1.20 bits per heavy atom. The van der Waals surface area contributed by atoms with Gasteiger partial charge in [-0.1, -0.05) is 22.9 Å². The first-order valence-electron chi connectivity index (χ1n) is 6.41. The predicted octanol–water partition coefficient (Wildman–Crippen LogP) is 4.21. The summed E-state index contributed by atoms with van der Waals surface area (Å²) < 4.78 is 28.8. The molecule has 106 valence electrons. The van der Waals surface area contributed by atoms with Crippen molar-refractivity contribution in [1.29, 1.82) is 0 Å². The fraction of sp³-hybridized carbons (Fsp3) is 0.267. The average Bonchev–Trinajstić information content (AvgIpc) is 2.44. The van der Waals surface area contributed by atoms with Crippen molar-refractivity contribution in [1.82, 2.24) is 10.3 Å². The topological polar surface area (TPSA) is 24.9 Å². The molecule has 0 aliphatic heterocycles. The van der Waals surface area contributed by atoms with Crippen molar-refractivity contribution >= 4 is 15.9 Å². The van der Waals surface area contributed by atoms with E-state index >= 15 is 0 Å². The summed E-state index contributed by atoms with van der Waals surface area (Å²) in [5.74, 6) is -0.807. The molecule has 1 heterocycles. The van der Waals surface area contributed by atoms with Gasteiger partial charge in [-0.05, 0) is 37.2 Å². The van der Waals surface area contributed by atoms with Gasteiger partial charge in [0.25, 0.3) is 0 Å². The molecule has 0 saturated heterocycles. The zero-order valence-corrected chi connectivity index (χ0v) is 12.6. The summed E-state index contributed by atoms with van der Waals surface area (Å²) in [5, 5.41) is 3.18. The van der Waals surface area contributed by atoms with Gasteiger partial charge in [0.1, 0.15) is 11.6 Å². The number of hydrogen-bond donors (Lipinski definition) is 1. The van der Waals surface area contributed by atoms with Gasteiger partial charge < -0.3 is 5.32 Å². The normalized spacial score (nSPS) is 12.4. The van der Waals surface area contributed by atoms with Crippen LogP contribution in [0.2, 0.25) is 0 Å². The standard InChI is InChI=1S/C15H15BrF2N2/c1-2-6-20-15(11-5-7-19-9-14(11)18)12-8-10(16)3-4-13(12)17/h3-5,7-9,15,20H,2,6H2,1H3. The molecule has 0 aliphatic carbocycles. The molecular weight excluding hydrogens is 326 g/mol. The van der Waals surface area contributed by atoms with E-state index in [-0.39, 0.29) is 5.82 Å². The maximum absolute atomic E-state index is 14.1. The van der Waals surface area contributed by atoms with Crippen LogP contribution in [0.15, 0.2) is 41.1 Å². The molecule has 0 spiro atoms. The van der Waals surface area contributed by atoms with E-state index in [2.05, 4.69) is 26.2 Å².